The van der Waals surface area contributed by atoms with Crippen LogP contribution in [-0.4, -0.2) is 33.5 Å². The summed E-state index contributed by atoms with van der Waals surface area (Å²) in [6.45, 7) is 4.06. The first-order chi connectivity index (χ1) is 11.2. The fraction of sp³-hybridized carbons (Fsp3) is 0.850. The highest BCUT2D eigenvalue weighted by molar-refractivity contribution is 5.75. The van der Waals surface area contributed by atoms with E-state index in [2.05, 4.69) is 13.0 Å². The average Bonchev–Trinajstić information content (AvgIpc) is 2.73. The van der Waals surface area contributed by atoms with Crippen molar-refractivity contribution in [2.24, 2.45) is 28.1 Å². The Labute approximate surface area is 144 Å². The molecule has 2 bridgehead atoms. The number of aliphatic hydroxyl groups excluding tert-OH is 1. The Bertz CT molecular complexity index is 613. The van der Waals surface area contributed by atoms with Gasteiger partial charge in [0.2, 0.25) is 0 Å². The summed E-state index contributed by atoms with van der Waals surface area (Å²) in [5.41, 5.74) is -0.263. The van der Waals surface area contributed by atoms with E-state index in [1.54, 1.807) is 0 Å². The van der Waals surface area contributed by atoms with E-state index < -0.39 is 17.0 Å². The number of fused-ring (bicyclic) bond motifs is 3. The van der Waals surface area contributed by atoms with Crippen LogP contribution in [0.4, 0.5) is 0 Å². The second-order valence-corrected chi connectivity index (χ2v) is 9.56. The number of carbonyl (C=O) groups is 1. The molecule has 0 aliphatic heterocycles. The quantitative estimate of drug-likeness (QED) is 0.678. The zero-order chi connectivity index (χ0) is 17.4. The Morgan fingerprint density at radius 1 is 1.29 bits per heavy atom. The van der Waals surface area contributed by atoms with Crippen LogP contribution in [0.1, 0.15) is 65.2 Å². The summed E-state index contributed by atoms with van der Waals surface area (Å²) < 4.78 is 0. The third-order valence-electron chi connectivity index (χ3n) is 8.44. The molecule has 0 aromatic heterocycles. The second kappa shape index (κ2) is 4.85. The van der Waals surface area contributed by atoms with Gasteiger partial charge in [0.15, 0.2) is 0 Å². The number of hydrogen-bond donors (Lipinski definition) is 3. The van der Waals surface area contributed by atoms with Crippen molar-refractivity contribution in [3.05, 3.63) is 11.6 Å². The number of carboxylic acid groups (broad SMARTS) is 1. The van der Waals surface area contributed by atoms with E-state index in [-0.39, 0.29) is 29.3 Å². The molecule has 0 saturated heterocycles. The maximum Gasteiger partial charge on any atom is 0.309 e. The van der Waals surface area contributed by atoms with Gasteiger partial charge in [-0.05, 0) is 74.5 Å². The Hall–Kier alpha value is -0.870. The Morgan fingerprint density at radius 3 is 2.71 bits per heavy atom. The molecule has 0 aromatic rings. The van der Waals surface area contributed by atoms with Gasteiger partial charge in [0.25, 0.3) is 0 Å². The molecule has 6 atom stereocenters. The van der Waals surface area contributed by atoms with Gasteiger partial charge in [-0.1, -0.05) is 25.0 Å². The van der Waals surface area contributed by atoms with Crippen LogP contribution < -0.4 is 0 Å². The molecule has 1 unspecified atom stereocenters. The monoisotopic (exact) mass is 334 g/mol. The molecule has 1 spiro atoms. The summed E-state index contributed by atoms with van der Waals surface area (Å²) >= 11 is 0. The molecule has 0 amide bonds. The van der Waals surface area contributed by atoms with Crippen LogP contribution >= 0.6 is 0 Å². The predicted molar refractivity (Wildman–Crippen MR) is 90.3 cm³/mol. The van der Waals surface area contributed by atoms with Crippen molar-refractivity contribution in [2.45, 2.75) is 70.8 Å². The van der Waals surface area contributed by atoms with Crippen LogP contribution in [0.2, 0.25) is 0 Å². The minimum atomic E-state index is -0.952. The average molecular weight is 334 g/mol. The van der Waals surface area contributed by atoms with Gasteiger partial charge in [-0.2, -0.15) is 0 Å². The second-order valence-electron chi connectivity index (χ2n) is 9.56. The highest BCUT2D eigenvalue weighted by Crippen LogP contribution is 2.71. The van der Waals surface area contributed by atoms with E-state index in [4.69, 9.17) is 0 Å². The zero-order valence-electron chi connectivity index (χ0n) is 14.8. The predicted octanol–water partition coefficient (Wildman–Crippen LogP) is 3.13. The number of rotatable bonds is 2. The first-order valence-electron chi connectivity index (χ1n) is 9.48. The SMILES string of the molecule is C[C@@]1(C(=O)O)CCC[C@@]2(C)C3=CCC4C[C@@]3(CC[C@H]12)C[C@]4(O)CO. The topological polar surface area (TPSA) is 77.8 Å². The van der Waals surface area contributed by atoms with Crippen molar-refractivity contribution in [1.82, 2.24) is 0 Å². The summed E-state index contributed by atoms with van der Waals surface area (Å²) in [7, 11) is 0. The van der Waals surface area contributed by atoms with Crippen molar-refractivity contribution in [3.63, 3.8) is 0 Å². The zero-order valence-corrected chi connectivity index (χ0v) is 14.8. The lowest BCUT2D eigenvalue weighted by Crippen LogP contribution is -2.54. The number of carboxylic acids is 1. The largest absolute Gasteiger partial charge is 0.481 e. The van der Waals surface area contributed by atoms with Crippen molar-refractivity contribution >= 4 is 5.97 Å². The lowest BCUT2D eigenvalue weighted by molar-refractivity contribution is -0.161. The molecule has 4 rings (SSSR count). The fourth-order valence-electron chi connectivity index (χ4n) is 7.31. The third-order valence-corrected chi connectivity index (χ3v) is 8.44. The molecule has 0 heterocycles. The van der Waals surface area contributed by atoms with E-state index in [9.17, 15) is 20.1 Å². The smallest absolute Gasteiger partial charge is 0.309 e. The Kier molecular flexibility index (Phi) is 3.35. The molecular formula is C20H30O4. The van der Waals surface area contributed by atoms with Crippen LogP contribution in [0, 0.1) is 28.1 Å². The first-order valence-corrected chi connectivity index (χ1v) is 9.48. The van der Waals surface area contributed by atoms with Gasteiger partial charge in [0.05, 0.1) is 17.6 Å². The maximum absolute atomic E-state index is 12.0. The first kappa shape index (κ1) is 16.6. The van der Waals surface area contributed by atoms with E-state index in [1.807, 2.05) is 6.92 Å². The van der Waals surface area contributed by atoms with Crippen LogP contribution in [0.3, 0.4) is 0 Å². The van der Waals surface area contributed by atoms with Crippen LogP contribution in [0.15, 0.2) is 11.6 Å². The maximum atomic E-state index is 12.0. The standard InChI is InChI=1S/C20H30O4/c1-17-7-3-8-18(2,16(22)23)14(17)6-9-19-10-13(4-5-15(17)19)20(24,11-19)12-21/h5,13-14,21,24H,3-4,6-12H2,1-2H3,(H,22,23)/t13?,14-,17+,18+,19-,20-/m0/s1. The molecule has 3 fully saturated rings. The Balaban J connectivity index is 1.77. The van der Waals surface area contributed by atoms with Gasteiger partial charge in [-0.25, -0.2) is 0 Å². The van der Waals surface area contributed by atoms with Crippen molar-refractivity contribution in [3.8, 4) is 0 Å². The highest BCUT2D eigenvalue weighted by atomic mass is 16.4. The number of hydrogen-bond acceptors (Lipinski definition) is 3. The molecule has 3 N–H and O–H groups in total. The minimum absolute atomic E-state index is 0.0115. The van der Waals surface area contributed by atoms with Crippen LogP contribution in [-0.2, 0) is 4.79 Å². The normalized spacial score (nSPS) is 53.1. The molecule has 4 nitrogen and oxygen atoms in total. The Morgan fingerprint density at radius 2 is 2.04 bits per heavy atom. The molecule has 0 aromatic carbocycles. The number of aliphatic hydroxyl groups is 2. The van der Waals surface area contributed by atoms with Crippen molar-refractivity contribution in [2.75, 3.05) is 6.61 Å². The summed E-state index contributed by atoms with van der Waals surface area (Å²) in [5.74, 6) is -0.324. The van der Waals surface area contributed by atoms with Gasteiger partial charge in [0, 0.05) is 0 Å². The molecule has 0 radical (unpaired) electrons. The molecule has 4 aliphatic rings. The highest BCUT2D eigenvalue weighted by Gasteiger charge is 2.65. The summed E-state index contributed by atoms with van der Waals surface area (Å²) in [4.78, 5) is 12.0. The van der Waals surface area contributed by atoms with E-state index >= 15 is 0 Å². The van der Waals surface area contributed by atoms with Gasteiger partial charge in [0.1, 0.15) is 0 Å². The van der Waals surface area contributed by atoms with E-state index in [0.717, 1.165) is 44.9 Å². The summed E-state index contributed by atoms with van der Waals surface area (Å²) in [6.07, 6.45) is 9.41. The van der Waals surface area contributed by atoms with Crippen LogP contribution in [0.25, 0.3) is 0 Å². The van der Waals surface area contributed by atoms with Crippen molar-refractivity contribution in [1.29, 1.82) is 0 Å². The lowest BCUT2D eigenvalue weighted by atomic mass is 9.44. The third kappa shape index (κ3) is 1.84. The fourth-order valence-corrected chi connectivity index (χ4v) is 7.31. The number of aliphatic carboxylic acids is 1. The van der Waals surface area contributed by atoms with Gasteiger partial charge >= 0.3 is 5.97 Å². The van der Waals surface area contributed by atoms with Crippen molar-refractivity contribution < 1.29 is 20.1 Å². The van der Waals surface area contributed by atoms with Gasteiger partial charge in [-0.3, -0.25) is 4.79 Å². The number of allylic oxidation sites excluding steroid dienone is 2. The molecule has 24 heavy (non-hydrogen) atoms. The molecule has 4 aliphatic carbocycles. The summed E-state index contributed by atoms with van der Waals surface area (Å²) in [5, 5.41) is 30.6. The lowest BCUT2D eigenvalue weighted by Gasteiger charge is -2.60. The van der Waals surface area contributed by atoms with E-state index in [1.165, 1.54) is 5.57 Å². The van der Waals surface area contributed by atoms with Crippen LogP contribution in [0.5, 0.6) is 0 Å². The summed E-state index contributed by atoms with van der Waals surface area (Å²) in [6, 6.07) is 0. The van der Waals surface area contributed by atoms with Gasteiger partial charge < -0.3 is 15.3 Å². The molecule has 134 valence electrons. The van der Waals surface area contributed by atoms with Gasteiger partial charge in [-0.15, -0.1) is 0 Å². The minimum Gasteiger partial charge on any atom is -0.481 e. The van der Waals surface area contributed by atoms with E-state index in [0.29, 0.717) is 6.42 Å². The molecular weight excluding hydrogens is 304 g/mol. The molecule has 3 saturated carbocycles. The molecule has 4 heteroatoms.